The molecule has 0 unspecified atom stereocenters. The van der Waals surface area contributed by atoms with Crippen molar-refractivity contribution in [2.24, 2.45) is 0 Å². The smallest absolute Gasteiger partial charge is 0.255 e. The SMILES string of the molecule is C=CCNS(=O)(=O)c1ccc(C(=O)Nc2ccc3c(c2)OCCO3)cc1. The third kappa shape index (κ3) is 4.04. The second-order valence-electron chi connectivity index (χ2n) is 5.48. The van der Waals surface area contributed by atoms with E-state index < -0.39 is 10.0 Å². The molecule has 136 valence electrons. The molecular weight excluding hydrogens is 356 g/mol. The van der Waals surface area contributed by atoms with E-state index in [0.29, 0.717) is 36.0 Å². The van der Waals surface area contributed by atoms with E-state index in [1.54, 1.807) is 18.2 Å². The molecule has 0 bridgehead atoms. The highest BCUT2D eigenvalue weighted by Crippen LogP contribution is 2.32. The number of hydrogen-bond donors (Lipinski definition) is 2. The van der Waals surface area contributed by atoms with Crippen LogP contribution in [0.5, 0.6) is 11.5 Å². The van der Waals surface area contributed by atoms with Crippen molar-refractivity contribution in [3.63, 3.8) is 0 Å². The first-order valence-corrected chi connectivity index (χ1v) is 9.39. The van der Waals surface area contributed by atoms with Gasteiger partial charge in [0, 0.05) is 23.9 Å². The summed E-state index contributed by atoms with van der Waals surface area (Å²) < 4.78 is 37.3. The van der Waals surface area contributed by atoms with Gasteiger partial charge in [0.25, 0.3) is 5.91 Å². The molecule has 0 aromatic heterocycles. The zero-order chi connectivity index (χ0) is 18.6. The van der Waals surface area contributed by atoms with Crippen LogP contribution in [0.4, 0.5) is 5.69 Å². The Labute approximate surface area is 151 Å². The number of ether oxygens (including phenoxy) is 2. The zero-order valence-electron chi connectivity index (χ0n) is 13.9. The van der Waals surface area contributed by atoms with E-state index in [-0.39, 0.29) is 17.3 Å². The molecule has 0 fully saturated rings. The van der Waals surface area contributed by atoms with Crippen molar-refractivity contribution in [2.75, 3.05) is 25.1 Å². The summed E-state index contributed by atoms with van der Waals surface area (Å²) in [5, 5.41) is 2.75. The molecule has 26 heavy (non-hydrogen) atoms. The normalized spacial score (nSPS) is 13.1. The Morgan fingerprint density at radius 1 is 1.08 bits per heavy atom. The largest absolute Gasteiger partial charge is 0.486 e. The number of sulfonamides is 1. The molecule has 3 rings (SSSR count). The van der Waals surface area contributed by atoms with Crippen molar-refractivity contribution < 1.29 is 22.7 Å². The van der Waals surface area contributed by atoms with E-state index in [0.717, 1.165) is 0 Å². The molecule has 1 amide bonds. The Morgan fingerprint density at radius 2 is 1.77 bits per heavy atom. The molecule has 2 aromatic carbocycles. The summed E-state index contributed by atoms with van der Waals surface area (Å²) in [6, 6.07) is 10.8. The molecule has 8 heteroatoms. The highest BCUT2D eigenvalue weighted by molar-refractivity contribution is 7.89. The molecule has 0 saturated heterocycles. The van der Waals surface area contributed by atoms with E-state index in [1.165, 1.54) is 30.3 Å². The molecule has 0 radical (unpaired) electrons. The van der Waals surface area contributed by atoms with Crippen LogP contribution in [-0.2, 0) is 10.0 Å². The summed E-state index contributed by atoms with van der Waals surface area (Å²) >= 11 is 0. The average Bonchev–Trinajstić information content (AvgIpc) is 2.66. The van der Waals surface area contributed by atoms with Gasteiger partial charge in [-0.05, 0) is 36.4 Å². The maximum Gasteiger partial charge on any atom is 0.255 e. The molecule has 2 N–H and O–H groups in total. The molecule has 0 saturated carbocycles. The van der Waals surface area contributed by atoms with Gasteiger partial charge in [0.1, 0.15) is 13.2 Å². The minimum absolute atomic E-state index is 0.0789. The van der Waals surface area contributed by atoms with Crippen molar-refractivity contribution in [1.82, 2.24) is 4.72 Å². The fourth-order valence-corrected chi connectivity index (χ4v) is 3.36. The van der Waals surface area contributed by atoms with Crippen LogP contribution in [-0.4, -0.2) is 34.1 Å². The quantitative estimate of drug-likeness (QED) is 0.756. The summed E-state index contributed by atoms with van der Waals surface area (Å²) in [5.41, 5.74) is 0.895. The topological polar surface area (TPSA) is 93.7 Å². The molecule has 1 heterocycles. The Bertz CT molecular complexity index is 923. The summed E-state index contributed by atoms with van der Waals surface area (Å²) in [6.07, 6.45) is 1.45. The van der Waals surface area contributed by atoms with Crippen LogP contribution in [0.2, 0.25) is 0 Å². The Balaban J connectivity index is 1.71. The third-order valence-electron chi connectivity index (χ3n) is 3.64. The van der Waals surface area contributed by atoms with Crippen LogP contribution >= 0.6 is 0 Å². The maximum absolute atomic E-state index is 12.4. The molecule has 7 nitrogen and oxygen atoms in total. The van der Waals surface area contributed by atoms with Gasteiger partial charge in [-0.1, -0.05) is 6.08 Å². The van der Waals surface area contributed by atoms with Crippen molar-refractivity contribution in [3.8, 4) is 11.5 Å². The summed E-state index contributed by atoms with van der Waals surface area (Å²) in [6.45, 7) is 4.55. The van der Waals surface area contributed by atoms with Gasteiger partial charge in [-0.15, -0.1) is 6.58 Å². The second kappa shape index (κ2) is 7.59. The van der Waals surface area contributed by atoms with Crippen molar-refractivity contribution >= 4 is 21.6 Å². The molecule has 0 atom stereocenters. The predicted octanol–water partition coefficient (Wildman–Crippen LogP) is 2.17. The van der Waals surface area contributed by atoms with Crippen LogP contribution < -0.4 is 19.5 Å². The van der Waals surface area contributed by atoms with Crippen LogP contribution in [0, 0.1) is 0 Å². The Morgan fingerprint density at radius 3 is 2.46 bits per heavy atom. The summed E-state index contributed by atoms with van der Waals surface area (Å²) in [4.78, 5) is 12.4. The number of benzene rings is 2. The molecule has 0 spiro atoms. The van der Waals surface area contributed by atoms with Crippen LogP contribution in [0.25, 0.3) is 0 Å². The predicted molar refractivity (Wildman–Crippen MR) is 97.2 cm³/mol. The fraction of sp³-hybridized carbons (Fsp3) is 0.167. The van der Waals surface area contributed by atoms with Gasteiger partial charge in [-0.25, -0.2) is 13.1 Å². The van der Waals surface area contributed by atoms with Crippen LogP contribution in [0.1, 0.15) is 10.4 Å². The van der Waals surface area contributed by atoms with Crippen molar-refractivity contribution in [3.05, 3.63) is 60.7 Å². The van der Waals surface area contributed by atoms with Gasteiger partial charge in [0.05, 0.1) is 4.90 Å². The number of fused-ring (bicyclic) bond motifs is 1. The van der Waals surface area contributed by atoms with Gasteiger partial charge < -0.3 is 14.8 Å². The van der Waals surface area contributed by atoms with E-state index in [4.69, 9.17) is 9.47 Å². The van der Waals surface area contributed by atoms with E-state index in [9.17, 15) is 13.2 Å². The first-order chi connectivity index (χ1) is 12.5. The van der Waals surface area contributed by atoms with Gasteiger partial charge in [0.15, 0.2) is 11.5 Å². The standard InChI is InChI=1S/C18H18N2O5S/c1-2-9-19-26(22,23)15-6-3-13(4-7-15)18(21)20-14-5-8-16-17(12-14)25-11-10-24-16/h2-8,12,19H,1,9-11H2,(H,20,21). The number of carbonyl (C=O) groups is 1. The van der Waals surface area contributed by atoms with Gasteiger partial charge in [-0.3, -0.25) is 4.79 Å². The first-order valence-electron chi connectivity index (χ1n) is 7.91. The lowest BCUT2D eigenvalue weighted by molar-refractivity contribution is 0.102. The number of nitrogens with one attached hydrogen (secondary N) is 2. The number of anilines is 1. The number of rotatable bonds is 6. The highest BCUT2D eigenvalue weighted by Gasteiger charge is 2.15. The lowest BCUT2D eigenvalue weighted by Gasteiger charge is -2.19. The van der Waals surface area contributed by atoms with E-state index in [2.05, 4.69) is 16.6 Å². The fourth-order valence-electron chi connectivity index (χ4n) is 2.36. The maximum atomic E-state index is 12.4. The van der Waals surface area contributed by atoms with Gasteiger partial charge >= 0.3 is 0 Å². The number of carbonyl (C=O) groups excluding carboxylic acids is 1. The molecule has 2 aromatic rings. The third-order valence-corrected chi connectivity index (χ3v) is 5.08. The van der Waals surface area contributed by atoms with Crippen LogP contribution in [0.3, 0.4) is 0 Å². The Kier molecular flexibility index (Phi) is 5.24. The van der Waals surface area contributed by atoms with Crippen molar-refractivity contribution in [2.45, 2.75) is 4.90 Å². The zero-order valence-corrected chi connectivity index (χ0v) is 14.7. The molecule has 1 aliphatic rings. The van der Waals surface area contributed by atoms with Crippen molar-refractivity contribution in [1.29, 1.82) is 0 Å². The number of amides is 1. The first kappa shape index (κ1) is 18.0. The monoisotopic (exact) mass is 374 g/mol. The minimum atomic E-state index is -3.62. The Hall–Kier alpha value is -2.84. The minimum Gasteiger partial charge on any atom is -0.486 e. The van der Waals surface area contributed by atoms with Gasteiger partial charge in [-0.2, -0.15) is 0 Å². The van der Waals surface area contributed by atoms with Gasteiger partial charge in [0.2, 0.25) is 10.0 Å². The lowest BCUT2D eigenvalue weighted by atomic mass is 10.2. The van der Waals surface area contributed by atoms with E-state index in [1.807, 2.05) is 0 Å². The molecule has 1 aliphatic heterocycles. The van der Waals surface area contributed by atoms with E-state index >= 15 is 0 Å². The average molecular weight is 374 g/mol. The highest BCUT2D eigenvalue weighted by atomic mass is 32.2. The molecule has 0 aliphatic carbocycles. The molecular formula is C18H18N2O5S. The van der Waals surface area contributed by atoms with Crippen LogP contribution in [0.15, 0.2) is 60.0 Å². The number of hydrogen-bond acceptors (Lipinski definition) is 5. The summed E-state index contributed by atoms with van der Waals surface area (Å²) in [7, 11) is -3.62. The summed E-state index contributed by atoms with van der Waals surface area (Å²) in [5.74, 6) is 0.851. The second-order valence-corrected chi connectivity index (χ2v) is 7.24. The lowest BCUT2D eigenvalue weighted by Crippen LogP contribution is -2.23.